The Morgan fingerprint density at radius 1 is 1.21 bits per heavy atom. The molecule has 0 saturated heterocycles. The molecule has 0 aliphatic rings. The molecule has 0 atom stereocenters. The highest BCUT2D eigenvalue weighted by Gasteiger charge is 2.13. The van der Waals surface area contributed by atoms with Crippen LogP contribution in [0.1, 0.15) is 10.4 Å². The third-order valence-electron chi connectivity index (χ3n) is 1.31. The molecule has 0 spiro atoms. The average molecular weight is 318 g/mol. The molecule has 0 bridgehead atoms. The van der Waals surface area contributed by atoms with E-state index in [2.05, 4.69) is 4.18 Å². The summed E-state index contributed by atoms with van der Waals surface area (Å²) in [4.78, 5) is 10.4. The van der Waals surface area contributed by atoms with Crippen molar-refractivity contribution in [1.29, 1.82) is 0 Å². The topological polar surface area (TPSA) is 132 Å². The average Bonchev–Trinajstić information content (AvgIpc) is 2.12. The van der Waals surface area contributed by atoms with Gasteiger partial charge in [-0.25, -0.2) is 9.18 Å². The zero-order valence-corrected chi connectivity index (χ0v) is 10.2. The van der Waals surface area contributed by atoms with E-state index in [0.717, 1.165) is 0 Å². The van der Waals surface area contributed by atoms with Crippen LogP contribution in [0.5, 0.6) is 5.75 Å². The van der Waals surface area contributed by atoms with Gasteiger partial charge in [0.1, 0.15) is 11.6 Å². The molecule has 1 rings (SSSR count). The van der Waals surface area contributed by atoms with Gasteiger partial charge in [0.05, 0.1) is 5.56 Å². The number of benzene rings is 1. The molecule has 1 aromatic rings. The molecular weight excluding hydrogens is 314 g/mol. The lowest BCUT2D eigenvalue weighted by molar-refractivity contribution is 0.0696. The number of carboxylic acid groups (broad SMARTS) is 1. The number of carbonyl (C=O) groups is 1. The van der Waals surface area contributed by atoms with Crippen molar-refractivity contribution in [3.63, 3.8) is 0 Å². The number of rotatable bonds is 3. The molecule has 0 fully saturated rings. The zero-order chi connectivity index (χ0) is 15.2. The van der Waals surface area contributed by atoms with Gasteiger partial charge in [-0.2, -0.15) is 8.42 Å². The van der Waals surface area contributed by atoms with Crippen LogP contribution in [0, 0.1) is 5.82 Å². The largest absolute Gasteiger partial charge is 0.488 e. The van der Waals surface area contributed by atoms with Crippen LogP contribution in [0.2, 0.25) is 0 Å². The molecule has 8 nitrogen and oxygen atoms in total. The van der Waals surface area contributed by atoms with Gasteiger partial charge in [0.15, 0.2) is 0 Å². The SMILES string of the molecule is O=C(O)c1cc(F)cc(OS(=O)(=O)F)c1.O=S(=O)=O. The lowest BCUT2D eigenvalue weighted by Gasteiger charge is -2.01. The van der Waals surface area contributed by atoms with Gasteiger partial charge in [-0.1, -0.05) is 3.89 Å². The number of halogens is 2. The van der Waals surface area contributed by atoms with Crippen LogP contribution in [0.3, 0.4) is 0 Å². The second-order valence-corrected chi connectivity index (χ2v) is 4.02. The first-order chi connectivity index (χ1) is 8.51. The van der Waals surface area contributed by atoms with Gasteiger partial charge in [0.2, 0.25) is 0 Å². The fourth-order valence-corrected chi connectivity index (χ4v) is 1.18. The lowest BCUT2D eigenvalue weighted by atomic mass is 10.2. The van der Waals surface area contributed by atoms with E-state index in [0.29, 0.717) is 18.2 Å². The van der Waals surface area contributed by atoms with Crippen LogP contribution in [0.15, 0.2) is 18.2 Å². The summed E-state index contributed by atoms with van der Waals surface area (Å²) in [5.74, 6) is -3.28. The summed E-state index contributed by atoms with van der Waals surface area (Å²) in [6, 6.07) is 1.87. The number of carboxylic acids is 1. The summed E-state index contributed by atoms with van der Waals surface area (Å²) < 4.78 is 73.8. The molecule has 1 aromatic carbocycles. The second kappa shape index (κ2) is 6.75. The number of hydrogen-bond donors (Lipinski definition) is 1. The Hall–Kier alpha value is -2.08. The standard InChI is InChI=1S/C7H4F2O5S.O3S/c8-5-1-4(7(10)11)2-6(3-5)14-15(9,12)13;1-4(2)3/h1-3H,(H,10,11);. The smallest absolute Gasteiger partial charge is 0.478 e. The Kier molecular flexibility index (Phi) is 6.01. The van der Waals surface area contributed by atoms with E-state index in [-0.39, 0.29) is 0 Å². The molecule has 12 heteroatoms. The quantitative estimate of drug-likeness (QED) is 0.777. The van der Waals surface area contributed by atoms with Crippen molar-refractivity contribution in [2.45, 2.75) is 0 Å². The maximum atomic E-state index is 12.7. The van der Waals surface area contributed by atoms with E-state index in [1.807, 2.05) is 0 Å². The third kappa shape index (κ3) is 8.62. The fourth-order valence-electron chi connectivity index (χ4n) is 0.849. The molecule has 0 aliphatic heterocycles. The van der Waals surface area contributed by atoms with Gasteiger partial charge in [-0.3, -0.25) is 0 Å². The molecular formula is C7H4F2O8S2. The summed E-state index contributed by atoms with van der Waals surface area (Å²) >= 11 is 0. The van der Waals surface area contributed by atoms with Crippen molar-refractivity contribution in [1.82, 2.24) is 0 Å². The van der Waals surface area contributed by atoms with Gasteiger partial charge in [-0.15, -0.1) is 12.6 Å². The van der Waals surface area contributed by atoms with E-state index in [1.165, 1.54) is 0 Å². The molecule has 1 N–H and O–H groups in total. The Bertz CT molecular complexity index is 672. The molecule has 0 aromatic heterocycles. The van der Waals surface area contributed by atoms with Gasteiger partial charge in [0.25, 0.3) is 0 Å². The van der Waals surface area contributed by atoms with E-state index in [1.54, 1.807) is 0 Å². The number of hydrogen-bond acceptors (Lipinski definition) is 7. The van der Waals surface area contributed by atoms with Gasteiger partial charge in [-0.05, 0) is 12.1 Å². The summed E-state index contributed by atoms with van der Waals surface area (Å²) in [7, 11) is -8.41. The Labute approximate surface area is 106 Å². The highest BCUT2D eigenvalue weighted by molar-refractivity contribution is 7.81. The van der Waals surface area contributed by atoms with Crippen LogP contribution < -0.4 is 4.18 Å². The van der Waals surface area contributed by atoms with Gasteiger partial charge < -0.3 is 9.29 Å². The minimum atomic E-state index is -5.30. The summed E-state index contributed by atoms with van der Waals surface area (Å²) in [5.41, 5.74) is -0.548. The minimum Gasteiger partial charge on any atom is -0.478 e. The second-order valence-electron chi connectivity index (χ2n) is 2.66. The van der Waals surface area contributed by atoms with E-state index in [9.17, 15) is 21.5 Å². The van der Waals surface area contributed by atoms with E-state index >= 15 is 0 Å². The van der Waals surface area contributed by atoms with Crippen LogP contribution in [-0.4, -0.2) is 32.1 Å². The normalized spacial score (nSPS) is 10.0. The molecule has 19 heavy (non-hydrogen) atoms. The Morgan fingerprint density at radius 3 is 2.05 bits per heavy atom. The molecule has 0 radical (unpaired) electrons. The van der Waals surface area contributed by atoms with Crippen LogP contribution in [-0.2, 0) is 21.1 Å². The zero-order valence-electron chi connectivity index (χ0n) is 8.61. The molecule has 0 unspecified atom stereocenters. The van der Waals surface area contributed by atoms with Crippen molar-refractivity contribution in [2.75, 3.05) is 0 Å². The number of aromatic carboxylic acids is 1. The van der Waals surface area contributed by atoms with E-state index in [4.69, 9.17) is 17.7 Å². The minimum absolute atomic E-state index is 0.545. The van der Waals surface area contributed by atoms with Gasteiger partial charge in [0, 0.05) is 6.07 Å². The Balaban J connectivity index is 0.000000711. The van der Waals surface area contributed by atoms with Crippen LogP contribution in [0.4, 0.5) is 8.28 Å². The Morgan fingerprint density at radius 2 is 1.68 bits per heavy atom. The lowest BCUT2D eigenvalue weighted by Crippen LogP contribution is -2.04. The van der Waals surface area contributed by atoms with Crippen LogP contribution in [0.25, 0.3) is 0 Å². The third-order valence-corrected chi connectivity index (χ3v) is 1.71. The van der Waals surface area contributed by atoms with Crippen molar-refractivity contribution in [3.05, 3.63) is 29.6 Å². The molecule has 0 heterocycles. The monoisotopic (exact) mass is 318 g/mol. The predicted octanol–water partition coefficient (Wildman–Crippen LogP) is 0.113. The molecule has 0 saturated carbocycles. The van der Waals surface area contributed by atoms with Crippen molar-refractivity contribution in [3.8, 4) is 5.75 Å². The highest BCUT2D eigenvalue weighted by atomic mass is 32.3. The van der Waals surface area contributed by atoms with Crippen molar-refractivity contribution in [2.24, 2.45) is 0 Å². The van der Waals surface area contributed by atoms with Crippen LogP contribution >= 0.6 is 0 Å². The predicted molar refractivity (Wildman–Crippen MR) is 53.7 cm³/mol. The maximum Gasteiger partial charge on any atom is 0.488 e. The molecule has 0 amide bonds. The summed E-state index contributed by atoms with van der Waals surface area (Å²) in [6.07, 6.45) is 0. The van der Waals surface area contributed by atoms with Gasteiger partial charge >= 0.3 is 27.1 Å². The van der Waals surface area contributed by atoms with Crippen molar-refractivity contribution >= 4 is 27.1 Å². The highest BCUT2D eigenvalue weighted by Crippen LogP contribution is 2.18. The molecule has 106 valence electrons. The first-order valence-corrected chi connectivity index (χ1v) is 6.27. The summed E-state index contributed by atoms with van der Waals surface area (Å²) in [5, 5.41) is 8.47. The van der Waals surface area contributed by atoms with Crippen molar-refractivity contribution < 1.29 is 43.4 Å². The fraction of sp³-hybridized carbons (Fsp3) is 0. The maximum absolute atomic E-state index is 12.7. The van der Waals surface area contributed by atoms with E-state index < -0.39 is 44.2 Å². The first-order valence-electron chi connectivity index (χ1n) is 3.96. The summed E-state index contributed by atoms with van der Waals surface area (Å²) in [6.45, 7) is 0. The first kappa shape index (κ1) is 16.9. The molecule has 0 aliphatic carbocycles.